The van der Waals surface area contributed by atoms with Gasteiger partial charge in [-0.05, 0) is 35.9 Å². The number of nitrogens with zero attached hydrogens (tertiary/aromatic N) is 2. The molecule has 2 heterocycles. The summed E-state index contributed by atoms with van der Waals surface area (Å²) in [6.07, 6.45) is 1.75. The number of halogens is 1. The molecule has 1 aliphatic rings. The number of hydrogen-bond acceptors (Lipinski definition) is 5. The molecule has 0 saturated heterocycles. The summed E-state index contributed by atoms with van der Waals surface area (Å²) in [5.74, 6) is 1.44. The third-order valence-electron chi connectivity index (χ3n) is 3.73. The fourth-order valence-electron chi connectivity index (χ4n) is 2.48. The highest BCUT2D eigenvalue weighted by molar-refractivity contribution is 7.11. The van der Waals surface area contributed by atoms with E-state index in [1.807, 2.05) is 41.8 Å². The maximum atomic E-state index is 9.51. The van der Waals surface area contributed by atoms with Crippen molar-refractivity contribution in [3.63, 3.8) is 0 Å². The minimum atomic E-state index is 0.236. The molecule has 0 atom stereocenters. The van der Waals surface area contributed by atoms with Crippen molar-refractivity contribution in [2.45, 2.75) is 0 Å². The SMILES string of the molecule is N#C/C(=C\c1ccccc1Cl)c1nc(-c2ccc3c(c2)OCO3)cs1. The van der Waals surface area contributed by atoms with Gasteiger partial charge in [-0.1, -0.05) is 29.8 Å². The van der Waals surface area contributed by atoms with Crippen LogP contribution in [0.5, 0.6) is 11.5 Å². The van der Waals surface area contributed by atoms with Crippen LogP contribution in [0.3, 0.4) is 0 Å². The second-order valence-corrected chi connectivity index (χ2v) is 6.56. The van der Waals surface area contributed by atoms with Gasteiger partial charge >= 0.3 is 0 Å². The highest BCUT2D eigenvalue weighted by Gasteiger charge is 2.16. The van der Waals surface area contributed by atoms with Gasteiger partial charge in [-0.15, -0.1) is 11.3 Å². The van der Waals surface area contributed by atoms with Gasteiger partial charge in [0.25, 0.3) is 0 Å². The van der Waals surface area contributed by atoms with E-state index in [0.717, 1.165) is 22.6 Å². The van der Waals surface area contributed by atoms with Crippen molar-refractivity contribution in [2.24, 2.45) is 0 Å². The van der Waals surface area contributed by atoms with Gasteiger partial charge in [-0.3, -0.25) is 0 Å². The Hall–Kier alpha value is -2.81. The summed E-state index contributed by atoms with van der Waals surface area (Å²) >= 11 is 7.59. The first kappa shape index (κ1) is 15.7. The second-order valence-electron chi connectivity index (χ2n) is 5.30. The van der Waals surface area contributed by atoms with E-state index in [2.05, 4.69) is 11.1 Å². The Balaban J connectivity index is 1.68. The molecule has 25 heavy (non-hydrogen) atoms. The number of hydrogen-bond donors (Lipinski definition) is 0. The molecule has 1 aliphatic heterocycles. The molecule has 0 aliphatic carbocycles. The van der Waals surface area contributed by atoms with E-state index in [0.29, 0.717) is 21.4 Å². The monoisotopic (exact) mass is 366 g/mol. The molecule has 1 aromatic heterocycles. The van der Waals surface area contributed by atoms with E-state index >= 15 is 0 Å². The largest absolute Gasteiger partial charge is 0.454 e. The zero-order valence-corrected chi connectivity index (χ0v) is 14.5. The Morgan fingerprint density at radius 1 is 1.20 bits per heavy atom. The highest BCUT2D eigenvalue weighted by Crippen LogP contribution is 2.36. The lowest BCUT2D eigenvalue weighted by atomic mass is 10.1. The maximum absolute atomic E-state index is 9.51. The Labute approximate surface area is 153 Å². The van der Waals surface area contributed by atoms with Crippen LogP contribution < -0.4 is 9.47 Å². The van der Waals surface area contributed by atoms with Gasteiger partial charge in [0, 0.05) is 16.0 Å². The van der Waals surface area contributed by atoms with Crippen molar-refractivity contribution in [3.8, 4) is 28.8 Å². The summed E-state index contributed by atoms with van der Waals surface area (Å²) in [6.45, 7) is 0.236. The van der Waals surface area contributed by atoms with E-state index in [9.17, 15) is 5.26 Å². The second kappa shape index (κ2) is 6.60. The number of benzene rings is 2. The summed E-state index contributed by atoms with van der Waals surface area (Å²) < 4.78 is 10.7. The van der Waals surface area contributed by atoms with Gasteiger partial charge < -0.3 is 9.47 Å². The molecule has 0 amide bonds. The summed E-state index contributed by atoms with van der Waals surface area (Å²) in [7, 11) is 0. The summed E-state index contributed by atoms with van der Waals surface area (Å²) in [5, 5.41) is 12.7. The minimum absolute atomic E-state index is 0.236. The summed E-state index contributed by atoms with van der Waals surface area (Å²) in [4.78, 5) is 4.59. The van der Waals surface area contributed by atoms with Crippen LogP contribution in [0.15, 0.2) is 47.8 Å². The molecule has 0 radical (unpaired) electrons. The normalized spacial score (nSPS) is 12.9. The number of ether oxygens (including phenoxy) is 2. The molecule has 2 aromatic carbocycles. The van der Waals surface area contributed by atoms with Crippen LogP contribution in [0, 0.1) is 11.3 Å². The molecule has 0 N–H and O–H groups in total. The molecule has 3 aromatic rings. The lowest BCUT2D eigenvalue weighted by Crippen LogP contribution is -1.92. The smallest absolute Gasteiger partial charge is 0.231 e. The maximum Gasteiger partial charge on any atom is 0.231 e. The number of rotatable bonds is 3. The van der Waals surface area contributed by atoms with Gasteiger partial charge in [-0.2, -0.15) is 5.26 Å². The Morgan fingerprint density at radius 3 is 2.88 bits per heavy atom. The lowest BCUT2D eigenvalue weighted by molar-refractivity contribution is 0.174. The van der Waals surface area contributed by atoms with Gasteiger partial charge in [0.05, 0.1) is 11.3 Å². The first-order valence-electron chi connectivity index (χ1n) is 7.47. The standard InChI is InChI=1S/C19H11ClN2O2S/c20-15-4-2-1-3-12(15)7-14(9-21)19-22-16(10-25-19)13-5-6-17-18(8-13)24-11-23-17/h1-8,10H,11H2/b14-7+. The molecule has 0 fully saturated rings. The van der Waals surface area contributed by atoms with Crippen molar-refractivity contribution in [3.05, 3.63) is 63.4 Å². The average Bonchev–Trinajstić information content (AvgIpc) is 3.29. The van der Waals surface area contributed by atoms with E-state index in [1.165, 1.54) is 11.3 Å². The van der Waals surface area contributed by atoms with Crippen LogP contribution >= 0.6 is 22.9 Å². The number of fused-ring (bicyclic) bond motifs is 1. The fraction of sp³-hybridized carbons (Fsp3) is 0.0526. The van der Waals surface area contributed by atoms with Crippen molar-refractivity contribution < 1.29 is 9.47 Å². The molecule has 0 unspecified atom stereocenters. The van der Waals surface area contributed by atoms with Crippen LogP contribution in [0.1, 0.15) is 10.6 Å². The Bertz CT molecular complexity index is 1020. The summed E-state index contributed by atoms with van der Waals surface area (Å²) in [6, 6.07) is 15.3. The van der Waals surface area contributed by atoms with Crippen LogP contribution in [-0.2, 0) is 0 Å². The molecule has 122 valence electrons. The highest BCUT2D eigenvalue weighted by atomic mass is 35.5. The molecule has 4 rings (SSSR count). The quantitative estimate of drug-likeness (QED) is 0.593. The molecule has 6 heteroatoms. The number of thiazole rings is 1. The number of nitriles is 1. The molecular weight excluding hydrogens is 356 g/mol. The van der Waals surface area contributed by atoms with Crippen molar-refractivity contribution >= 4 is 34.6 Å². The third kappa shape index (κ3) is 3.10. The van der Waals surface area contributed by atoms with Crippen LogP contribution in [0.25, 0.3) is 22.9 Å². The van der Waals surface area contributed by atoms with E-state index in [-0.39, 0.29) is 6.79 Å². The van der Waals surface area contributed by atoms with Crippen molar-refractivity contribution in [1.29, 1.82) is 5.26 Å². The van der Waals surface area contributed by atoms with Crippen LogP contribution in [-0.4, -0.2) is 11.8 Å². The molecule has 0 bridgehead atoms. The lowest BCUT2D eigenvalue weighted by Gasteiger charge is -2.00. The molecule has 0 saturated carbocycles. The van der Waals surface area contributed by atoms with Crippen LogP contribution in [0.2, 0.25) is 5.02 Å². The van der Waals surface area contributed by atoms with Gasteiger partial charge in [-0.25, -0.2) is 4.98 Å². The fourth-order valence-corrected chi connectivity index (χ4v) is 3.46. The predicted molar refractivity (Wildman–Crippen MR) is 98.6 cm³/mol. The van der Waals surface area contributed by atoms with E-state index in [1.54, 1.807) is 12.1 Å². The number of allylic oxidation sites excluding steroid dienone is 1. The molecular formula is C19H11ClN2O2S. The molecule has 0 spiro atoms. The number of aromatic nitrogens is 1. The topological polar surface area (TPSA) is 55.1 Å². The van der Waals surface area contributed by atoms with Gasteiger partial charge in [0.2, 0.25) is 6.79 Å². The minimum Gasteiger partial charge on any atom is -0.454 e. The van der Waals surface area contributed by atoms with Crippen molar-refractivity contribution in [2.75, 3.05) is 6.79 Å². The first-order chi connectivity index (χ1) is 12.2. The summed E-state index contributed by atoms with van der Waals surface area (Å²) in [5.41, 5.74) is 2.98. The average molecular weight is 367 g/mol. The third-order valence-corrected chi connectivity index (χ3v) is 4.95. The Kier molecular flexibility index (Phi) is 4.14. The Morgan fingerprint density at radius 2 is 2.04 bits per heavy atom. The first-order valence-corrected chi connectivity index (χ1v) is 8.72. The van der Waals surface area contributed by atoms with Gasteiger partial charge in [0.15, 0.2) is 11.5 Å². The molecule has 4 nitrogen and oxygen atoms in total. The zero-order valence-electron chi connectivity index (χ0n) is 12.9. The van der Waals surface area contributed by atoms with E-state index < -0.39 is 0 Å². The zero-order chi connectivity index (χ0) is 17.2. The predicted octanol–water partition coefficient (Wildman–Crippen LogP) is 5.26. The van der Waals surface area contributed by atoms with Crippen molar-refractivity contribution in [1.82, 2.24) is 4.98 Å². The van der Waals surface area contributed by atoms with Crippen LogP contribution in [0.4, 0.5) is 0 Å². The van der Waals surface area contributed by atoms with Gasteiger partial charge in [0.1, 0.15) is 11.1 Å². The van der Waals surface area contributed by atoms with E-state index in [4.69, 9.17) is 21.1 Å².